The van der Waals surface area contributed by atoms with E-state index >= 15 is 0 Å². The van der Waals surface area contributed by atoms with Crippen LogP contribution in [0.3, 0.4) is 0 Å². The first kappa shape index (κ1) is 15.3. The highest BCUT2D eigenvalue weighted by Crippen LogP contribution is 2.31. The van der Waals surface area contributed by atoms with E-state index in [1.54, 1.807) is 0 Å². The van der Waals surface area contributed by atoms with Gasteiger partial charge in [-0.1, -0.05) is 27.7 Å². The highest BCUT2D eigenvalue weighted by molar-refractivity contribution is 5.54. The van der Waals surface area contributed by atoms with Crippen LogP contribution in [0.4, 0.5) is 5.69 Å². The zero-order valence-electron chi connectivity index (χ0n) is 13.4. The van der Waals surface area contributed by atoms with E-state index in [2.05, 4.69) is 49.0 Å². The second kappa shape index (κ2) is 7.07. The number of aromatic nitrogens is 1. The van der Waals surface area contributed by atoms with Crippen molar-refractivity contribution < 1.29 is 0 Å². The lowest BCUT2D eigenvalue weighted by Crippen LogP contribution is -2.34. The van der Waals surface area contributed by atoms with Crippen molar-refractivity contribution in [2.24, 2.45) is 11.8 Å². The molecular formula is C17H29N3. The SMILES string of the molecule is CC(C)CNCc1cnccc1N1CCCC1C(C)C. The molecule has 2 heterocycles. The van der Waals surface area contributed by atoms with E-state index in [9.17, 15) is 0 Å². The lowest BCUT2D eigenvalue weighted by molar-refractivity contribution is 0.490. The summed E-state index contributed by atoms with van der Waals surface area (Å²) in [5.74, 6) is 1.40. The van der Waals surface area contributed by atoms with Crippen molar-refractivity contribution in [3.63, 3.8) is 0 Å². The Morgan fingerprint density at radius 1 is 1.35 bits per heavy atom. The van der Waals surface area contributed by atoms with Crippen LogP contribution in [-0.4, -0.2) is 24.1 Å². The minimum absolute atomic E-state index is 0.682. The van der Waals surface area contributed by atoms with E-state index in [0.717, 1.165) is 13.1 Å². The average Bonchev–Trinajstić information content (AvgIpc) is 2.88. The zero-order chi connectivity index (χ0) is 14.5. The molecule has 1 unspecified atom stereocenters. The van der Waals surface area contributed by atoms with Gasteiger partial charge in [0, 0.05) is 42.8 Å². The van der Waals surface area contributed by atoms with Gasteiger partial charge in [0.05, 0.1) is 0 Å². The van der Waals surface area contributed by atoms with Crippen LogP contribution in [0.5, 0.6) is 0 Å². The van der Waals surface area contributed by atoms with Crippen molar-refractivity contribution in [1.82, 2.24) is 10.3 Å². The molecule has 0 amide bonds. The van der Waals surface area contributed by atoms with Gasteiger partial charge in [-0.25, -0.2) is 0 Å². The number of nitrogens with zero attached hydrogens (tertiary/aromatic N) is 2. The van der Waals surface area contributed by atoms with E-state index in [4.69, 9.17) is 0 Å². The third-order valence-electron chi connectivity index (χ3n) is 4.12. The molecule has 1 aliphatic heterocycles. The summed E-state index contributed by atoms with van der Waals surface area (Å²) in [5.41, 5.74) is 2.72. The number of nitrogens with one attached hydrogen (secondary N) is 1. The van der Waals surface area contributed by atoms with E-state index in [-0.39, 0.29) is 0 Å². The molecule has 0 aliphatic carbocycles. The van der Waals surface area contributed by atoms with Gasteiger partial charge in [-0.3, -0.25) is 4.98 Å². The number of hydrogen-bond acceptors (Lipinski definition) is 3. The van der Waals surface area contributed by atoms with Crippen LogP contribution in [0.2, 0.25) is 0 Å². The third-order valence-corrected chi connectivity index (χ3v) is 4.12. The molecule has 0 aromatic carbocycles. The van der Waals surface area contributed by atoms with E-state index in [0.29, 0.717) is 17.9 Å². The fourth-order valence-electron chi connectivity index (χ4n) is 3.12. The van der Waals surface area contributed by atoms with E-state index in [1.807, 2.05) is 12.4 Å². The molecule has 3 heteroatoms. The van der Waals surface area contributed by atoms with Crippen LogP contribution < -0.4 is 10.2 Å². The van der Waals surface area contributed by atoms with Crippen LogP contribution in [0.25, 0.3) is 0 Å². The fraction of sp³-hybridized carbons (Fsp3) is 0.706. The highest BCUT2D eigenvalue weighted by Gasteiger charge is 2.28. The Hall–Kier alpha value is -1.09. The van der Waals surface area contributed by atoms with Gasteiger partial charge >= 0.3 is 0 Å². The molecule has 1 aliphatic rings. The van der Waals surface area contributed by atoms with Crippen molar-refractivity contribution >= 4 is 5.69 Å². The molecule has 2 rings (SSSR count). The van der Waals surface area contributed by atoms with Crippen LogP contribution in [0.15, 0.2) is 18.5 Å². The van der Waals surface area contributed by atoms with Crippen molar-refractivity contribution in [2.75, 3.05) is 18.0 Å². The van der Waals surface area contributed by atoms with Crippen molar-refractivity contribution in [2.45, 2.75) is 53.1 Å². The summed E-state index contributed by atoms with van der Waals surface area (Å²) < 4.78 is 0. The van der Waals surface area contributed by atoms with Gasteiger partial charge in [0.25, 0.3) is 0 Å². The molecule has 0 spiro atoms. The van der Waals surface area contributed by atoms with Crippen LogP contribution in [-0.2, 0) is 6.54 Å². The molecule has 1 fully saturated rings. The van der Waals surface area contributed by atoms with Gasteiger partial charge in [0.1, 0.15) is 0 Å². The summed E-state index contributed by atoms with van der Waals surface area (Å²) >= 11 is 0. The molecule has 1 N–H and O–H groups in total. The minimum atomic E-state index is 0.682. The van der Waals surface area contributed by atoms with Crippen molar-refractivity contribution in [1.29, 1.82) is 0 Å². The Morgan fingerprint density at radius 3 is 2.85 bits per heavy atom. The molecule has 0 radical (unpaired) electrons. The summed E-state index contributed by atoms with van der Waals surface area (Å²) in [5, 5.41) is 3.54. The normalized spacial score (nSPS) is 19.3. The largest absolute Gasteiger partial charge is 0.368 e. The van der Waals surface area contributed by atoms with Gasteiger partial charge in [-0.15, -0.1) is 0 Å². The Balaban J connectivity index is 2.10. The lowest BCUT2D eigenvalue weighted by atomic mass is 10.0. The quantitative estimate of drug-likeness (QED) is 0.862. The predicted molar refractivity (Wildman–Crippen MR) is 86.0 cm³/mol. The molecule has 0 bridgehead atoms. The summed E-state index contributed by atoms with van der Waals surface area (Å²) in [6.45, 7) is 12.3. The summed E-state index contributed by atoms with van der Waals surface area (Å²) in [7, 11) is 0. The van der Waals surface area contributed by atoms with Gasteiger partial charge < -0.3 is 10.2 Å². The second-order valence-electron chi connectivity index (χ2n) is 6.68. The molecule has 1 aromatic heterocycles. The molecule has 1 atom stereocenters. The molecule has 1 aromatic rings. The van der Waals surface area contributed by atoms with Crippen molar-refractivity contribution in [3.8, 4) is 0 Å². The Labute approximate surface area is 123 Å². The number of rotatable bonds is 6. The lowest BCUT2D eigenvalue weighted by Gasteiger charge is -2.31. The Bertz CT molecular complexity index is 414. The van der Waals surface area contributed by atoms with Gasteiger partial charge in [-0.2, -0.15) is 0 Å². The van der Waals surface area contributed by atoms with Crippen molar-refractivity contribution in [3.05, 3.63) is 24.0 Å². The van der Waals surface area contributed by atoms with Crippen LogP contribution in [0, 0.1) is 11.8 Å². The highest BCUT2D eigenvalue weighted by atomic mass is 15.2. The van der Waals surface area contributed by atoms with Crippen LogP contribution in [0.1, 0.15) is 46.1 Å². The Morgan fingerprint density at radius 2 is 2.15 bits per heavy atom. The zero-order valence-corrected chi connectivity index (χ0v) is 13.4. The van der Waals surface area contributed by atoms with Gasteiger partial charge in [-0.05, 0) is 37.3 Å². The summed E-state index contributed by atoms with van der Waals surface area (Å²) in [4.78, 5) is 6.91. The molecule has 112 valence electrons. The first-order chi connectivity index (χ1) is 9.59. The number of anilines is 1. The minimum Gasteiger partial charge on any atom is -0.368 e. The number of pyridine rings is 1. The smallest absolute Gasteiger partial charge is 0.0445 e. The fourth-order valence-corrected chi connectivity index (χ4v) is 3.12. The number of hydrogen-bond donors (Lipinski definition) is 1. The maximum Gasteiger partial charge on any atom is 0.0445 e. The molecule has 3 nitrogen and oxygen atoms in total. The standard InChI is InChI=1S/C17H29N3/c1-13(2)10-19-12-15-11-18-8-7-17(15)20-9-5-6-16(20)14(3)4/h7-8,11,13-14,16,19H,5-6,9-10,12H2,1-4H3. The maximum absolute atomic E-state index is 4.32. The molecule has 0 saturated carbocycles. The monoisotopic (exact) mass is 275 g/mol. The topological polar surface area (TPSA) is 28.2 Å². The molecule has 1 saturated heterocycles. The maximum atomic E-state index is 4.32. The first-order valence-electron chi connectivity index (χ1n) is 8.00. The van der Waals surface area contributed by atoms with Crippen LogP contribution >= 0.6 is 0 Å². The van der Waals surface area contributed by atoms with Gasteiger partial charge in [0.15, 0.2) is 0 Å². The second-order valence-corrected chi connectivity index (χ2v) is 6.68. The third kappa shape index (κ3) is 3.72. The summed E-state index contributed by atoms with van der Waals surface area (Å²) in [6, 6.07) is 2.87. The van der Waals surface area contributed by atoms with Gasteiger partial charge in [0.2, 0.25) is 0 Å². The van der Waals surface area contributed by atoms with E-state index < -0.39 is 0 Å². The van der Waals surface area contributed by atoms with E-state index in [1.165, 1.54) is 30.6 Å². The average molecular weight is 275 g/mol. The molecule has 20 heavy (non-hydrogen) atoms. The Kier molecular flexibility index (Phi) is 5.41. The first-order valence-corrected chi connectivity index (χ1v) is 8.00. The molecular weight excluding hydrogens is 246 g/mol. The predicted octanol–water partition coefficient (Wildman–Crippen LogP) is 3.45. The summed E-state index contributed by atoms with van der Waals surface area (Å²) in [6.07, 6.45) is 6.58.